The molecule has 0 unspecified atom stereocenters. The molecule has 7 nitrogen and oxygen atoms in total. The van der Waals surface area contributed by atoms with Crippen molar-refractivity contribution in [2.24, 2.45) is 11.3 Å². The second kappa shape index (κ2) is 9.88. The van der Waals surface area contributed by atoms with Gasteiger partial charge in [-0.1, -0.05) is 36.3 Å². The summed E-state index contributed by atoms with van der Waals surface area (Å²) in [6, 6.07) is 8.68. The molecule has 0 bridgehead atoms. The zero-order valence-electron chi connectivity index (χ0n) is 21.3. The van der Waals surface area contributed by atoms with Crippen LogP contribution in [0.15, 0.2) is 64.8 Å². The Morgan fingerprint density at radius 2 is 1.75 bits per heavy atom. The maximum Gasteiger partial charge on any atom is 0.338 e. The van der Waals surface area contributed by atoms with Crippen molar-refractivity contribution in [1.82, 2.24) is 0 Å². The zero-order valence-corrected chi connectivity index (χ0v) is 21.3. The SMILES string of the molecule is CC(=O)O[C@H]1C(=O)C=C(C)[C@@H]2CC3=C(C)C(=O)O[C@H]3/C=C(/C)CC[C@H](OC(=O)c3ccccc3)[C@]21C. The number of hydrogen-bond acceptors (Lipinski definition) is 7. The van der Waals surface area contributed by atoms with Crippen molar-refractivity contribution in [2.75, 3.05) is 0 Å². The molecule has 7 heteroatoms. The minimum absolute atomic E-state index is 0.340. The maximum atomic E-state index is 13.3. The molecular weight excluding hydrogens is 460 g/mol. The summed E-state index contributed by atoms with van der Waals surface area (Å²) in [7, 11) is 0. The average molecular weight is 493 g/mol. The fraction of sp³-hybridized carbons (Fsp3) is 0.448. The largest absolute Gasteiger partial charge is 0.458 e. The van der Waals surface area contributed by atoms with E-state index in [9.17, 15) is 19.2 Å². The summed E-state index contributed by atoms with van der Waals surface area (Å²) in [5, 5.41) is 0. The fourth-order valence-electron chi connectivity index (χ4n) is 5.72. The molecule has 0 spiro atoms. The molecule has 1 aliphatic heterocycles. The minimum atomic E-state index is -1.14. The van der Waals surface area contributed by atoms with Gasteiger partial charge < -0.3 is 14.2 Å². The van der Waals surface area contributed by atoms with E-state index in [0.717, 1.165) is 16.7 Å². The number of esters is 3. The van der Waals surface area contributed by atoms with E-state index in [4.69, 9.17) is 14.2 Å². The molecule has 1 aromatic rings. The smallest absolute Gasteiger partial charge is 0.338 e. The highest BCUT2D eigenvalue weighted by Crippen LogP contribution is 2.51. The third-order valence-electron chi connectivity index (χ3n) is 7.76. The van der Waals surface area contributed by atoms with Crippen LogP contribution in [0.3, 0.4) is 0 Å². The van der Waals surface area contributed by atoms with E-state index < -0.39 is 35.7 Å². The number of ketones is 1. The molecule has 0 N–H and O–H groups in total. The quantitative estimate of drug-likeness (QED) is 0.344. The predicted molar refractivity (Wildman–Crippen MR) is 132 cm³/mol. The predicted octanol–water partition coefficient (Wildman–Crippen LogP) is 4.67. The van der Waals surface area contributed by atoms with Gasteiger partial charge in [0.2, 0.25) is 0 Å². The van der Waals surface area contributed by atoms with Crippen molar-refractivity contribution in [3.8, 4) is 0 Å². The lowest BCUT2D eigenvalue weighted by molar-refractivity contribution is -0.172. The molecule has 1 heterocycles. The maximum absolute atomic E-state index is 13.3. The molecule has 0 amide bonds. The molecule has 0 saturated heterocycles. The lowest BCUT2D eigenvalue weighted by atomic mass is 9.59. The second-order valence-corrected chi connectivity index (χ2v) is 10.2. The molecule has 2 aliphatic carbocycles. The van der Waals surface area contributed by atoms with Crippen LogP contribution in [-0.4, -0.2) is 42.0 Å². The first kappa shape index (κ1) is 25.6. The Labute approximate surface area is 211 Å². The second-order valence-electron chi connectivity index (χ2n) is 10.2. The van der Waals surface area contributed by atoms with E-state index in [2.05, 4.69) is 0 Å². The molecule has 0 radical (unpaired) electrons. The highest BCUT2D eigenvalue weighted by molar-refractivity contribution is 5.97. The summed E-state index contributed by atoms with van der Waals surface area (Å²) >= 11 is 0. The van der Waals surface area contributed by atoms with Crippen LogP contribution in [-0.2, 0) is 28.6 Å². The van der Waals surface area contributed by atoms with Gasteiger partial charge in [0.15, 0.2) is 11.9 Å². The van der Waals surface area contributed by atoms with Crippen LogP contribution in [0.1, 0.15) is 64.2 Å². The Morgan fingerprint density at radius 3 is 2.42 bits per heavy atom. The molecule has 0 saturated carbocycles. The van der Waals surface area contributed by atoms with E-state index in [1.165, 1.54) is 13.0 Å². The summed E-state index contributed by atoms with van der Waals surface area (Å²) < 4.78 is 17.4. The van der Waals surface area contributed by atoms with E-state index in [1.54, 1.807) is 31.2 Å². The lowest BCUT2D eigenvalue weighted by Gasteiger charge is -2.49. The number of benzene rings is 1. The molecule has 4 rings (SSSR count). The Hall–Kier alpha value is -3.48. The average Bonchev–Trinajstić information content (AvgIpc) is 3.09. The standard InChI is InChI=1S/C29H32O7/c1-16-11-12-25(36-28(33)20-9-7-6-8-10-20)29(5)22(15-21-18(3)27(32)35-24(21)13-16)17(2)14-23(31)26(29)34-19(4)30/h6-10,13-14,22,24-26H,11-12,15H2,1-5H3/b16-13-/t22-,24-,25-,26-,29-/m0/s1. The topological polar surface area (TPSA) is 96.0 Å². The van der Waals surface area contributed by atoms with E-state index in [1.807, 2.05) is 32.9 Å². The molecular formula is C29H32O7. The van der Waals surface area contributed by atoms with Crippen LogP contribution in [0.5, 0.6) is 0 Å². The van der Waals surface area contributed by atoms with Gasteiger partial charge in [0.25, 0.3) is 0 Å². The zero-order chi connectivity index (χ0) is 26.2. The van der Waals surface area contributed by atoms with Crippen molar-refractivity contribution in [2.45, 2.75) is 72.2 Å². The van der Waals surface area contributed by atoms with Gasteiger partial charge in [-0.15, -0.1) is 0 Å². The first-order chi connectivity index (χ1) is 17.0. The summed E-state index contributed by atoms with van der Waals surface area (Å²) in [4.78, 5) is 51.1. The molecule has 0 aromatic heterocycles. The van der Waals surface area contributed by atoms with Gasteiger partial charge in [0.05, 0.1) is 11.0 Å². The molecule has 36 heavy (non-hydrogen) atoms. The third kappa shape index (κ3) is 4.66. The number of allylic oxidation sites excluding steroid dienone is 2. The highest BCUT2D eigenvalue weighted by atomic mass is 16.6. The number of carbonyl (C=O) groups is 4. The van der Waals surface area contributed by atoms with Crippen LogP contribution in [0.25, 0.3) is 0 Å². The van der Waals surface area contributed by atoms with Gasteiger partial charge in [-0.3, -0.25) is 9.59 Å². The van der Waals surface area contributed by atoms with E-state index in [-0.39, 0.29) is 17.7 Å². The fourth-order valence-corrected chi connectivity index (χ4v) is 5.72. The van der Waals surface area contributed by atoms with Crippen molar-refractivity contribution < 1.29 is 33.4 Å². The highest BCUT2D eigenvalue weighted by Gasteiger charge is 2.57. The van der Waals surface area contributed by atoms with Gasteiger partial charge in [-0.05, 0) is 75.8 Å². The van der Waals surface area contributed by atoms with Crippen LogP contribution >= 0.6 is 0 Å². The van der Waals surface area contributed by atoms with Crippen LogP contribution < -0.4 is 0 Å². The van der Waals surface area contributed by atoms with Gasteiger partial charge in [-0.2, -0.15) is 0 Å². The van der Waals surface area contributed by atoms with Crippen molar-refractivity contribution in [3.63, 3.8) is 0 Å². The first-order valence-corrected chi connectivity index (χ1v) is 12.3. The normalized spacial score (nSPS) is 31.8. The summed E-state index contributed by atoms with van der Waals surface area (Å²) in [5.41, 5.74) is 2.45. The number of hydrogen-bond donors (Lipinski definition) is 0. The minimum Gasteiger partial charge on any atom is -0.458 e. The third-order valence-corrected chi connectivity index (χ3v) is 7.76. The number of carbonyl (C=O) groups excluding carboxylic acids is 4. The van der Waals surface area contributed by atoms with Crippen molar-refractivity contribution >= 4 is 23.7 Å². The first-order valence-electron chi connectivity index (χ1n) is 12.3. The number of rotatable bonds is 3. The van der Waals surface area contributed by atoms with Crippen LogP contribution in [0.2, 0.25) is 0 Å². The summed E-state index contributed by atoms with van der Waals surface area (Å²) in [6.07, 6.45) is 2.43. The lowest BCUT2D eigenvalue weighted by Crippen LogP contribution is -2.57. The monoisotopic (exact) mass is 492 g/mol. The molecule has 3 aliphatic rings. The summed E-state index contributed by atoms with van der Waals surface area (Å²) in [5.74, 6) is -2.14. The molecule has 1 aromatic carbocycles. The Kier molecular flexibility index (Phi) is 7.03. The molecule has 0 fully saturated rings. The van der Waals surface area contributed by atoms with Crippen LogP contribution in [0, 0.1) is 11.3 Å². The van der Waals surface area contributed by atoms with Gasteiger partial charge >= 0.3 is 17.9 Å². The number of fused-ring (bicyclic) bond motifs is 2. The van der Waals surface area contributed by atoms with Crippen molar-refractivity contribution in [3.05, 3.63) is 70.3 Å². The van der Waals surface area contributed by atoms with Gasteiger partial charge in [-0.25, -0.2) is 9.59 Å². The summed E-state index contributed by atoms with van der Waals surface area (Å²) in [6.45, 7) is 8.66. The van der Waals surface area contributed by atoms with Crippen molar-refractivity contribution in [1.29, 1.82) is 0 Å². The van der Waals surface area contributed by atoms with Gasteiger partial charge in [0.1, 0.15) is 12.2 Å². The van der Waals surface area contributed by atoms with E-state index >= 15 is 0 Å². The molecule has 5 atom stereocenters. The van der Waals surface area contributed by atoms with E-state index in [0.29, 0.717) is 30.4 Å². The van der Waals surface area contributed by atoms with Gasteiger partial charge in [0, 0.05) is 12.5 Å². The Morgan fingerprint density at radius 1 is 1.06 bits per heavy atom. The van der Waals surface area contributed by atoms with Crippen LogP contribution in [0.4, 0.5) is 0 Å². The Balaban J connectivity index is 1.86. The Bertz CT molecular complexity index is 1190. The molecule has 190 valence electrons. The number of ether oxygens (including phenoxy) is 3.